The van der Waals surface area contributed by atoms with Crippen LogP contribution in [0.4, 0.5) is 17.5 Å². The van der Waals surface area contributed by atoms with Crippen molar-refractivity contribution in [2.75, 3.05) is 24.8 Å². The number of aromatic nitrogens is 4. The van der Waals surface area contributed by atoms with Crippen molar-refractivity contribution in [1.82, 2.24) is 19.9 Å². The molecule has 0 fully saturated rings. The van der Waals surface area contributed by atoms with Crippen LogP contribution in [-0.2, 0) is 0 Å². The summed E-state index contributed by atoms with van der Waals surface area (Å²) in [6, 6.07) is 7.60. The van der Waals surface area contributed by atoms with Crippen LogP contribution in [0.3, 0.4) is 0 Å². The van der Waals surface area contributed by atoms with Gasteiger partial charge in [0.1, 0.15) is 11.3 Å². The Bertz CT molecular complexity index is 721. The Balaban J connectivity index is 1.98. The monoisotopic (exact) mass is 270 g/mol. The van der Waals surface area contributed by atoms with Crippen LogP contribution in [0.1, 0.15) is 0 Å². The number of hydrogen-bond acceptors (Lipinski definition) is 6. The first-order chi connectivity index (χ1) is 9.80. The predicted octanol–water partition coefficient (Wildman–Crippen LogP) is 2.15. The summed E-state index contributed by atoms with van der Waals surface area (Å²) in [6.45, 7) is 0. The first-order valence-electron chi connectivity index (χ1n) is 6.10. The van der Waals surface area contributed by atoms with Crippen LogP contribution >= 0.6 is 0 Å². The summed E-state index contributed by atoms with van der Waals surface area (Å²) in [4.78, 5) is 15.8. The van der Waals surface area contributed by atoms with E-state index in [1.165, 1.54) is 0 Å². The maximum Gasteiger partial charge on any atom is 0.226 e. The van der Waals surface area contributed by atoms with Crippen LogP contribution in [0.15, 0.2) is 30.6 Å². The standard InChI is InChI=1S/C13H14N6O/c1-14-13-18-11-10(15-7-16-11)12(19-13)17-8-3-5-9(20-2)6-4-8/h3-7H,1-2H3,(H3,14,15,16,17,18,19). The molecule has 0 atom stereocenters. The molecular weight excluding hydrogens is 256 g/mol. The third kappa shape index (κ3) is 2.20. The molecule has 0 spiro atoms. The number of nitrogens with one attached hydrogen (secondary N) is 3. The second-order valence-corrected chi connectivity index (χ2v) is 4.10. The van der Waals surface area contributed by atoms with E-state index < -0.39 is 0 Å². The minimum Gasteiger partial charge on any atom is -0.497 e. The number of rotatable bonds is 4. The molecule has 0 saturated carbocycles. The molecule has 7 heteroatoms. The zero-order chi connectivity index (χ0) is 13.9. The topological polar surface area (TPSA) is 87.8 Å². The second-order valence-electron chi connectivity index (χ2n) is 4.10. The molecule has 102 valence electrons. The third-order valence-electron chi connectivity index (χ3n) is 2.86. The Morgan fingerprint density at radius 1 is 1.15 bits per heavy atom. The Kier molecular flexibility index (Phi) is 3.08. The highest BCUT2D eigenvalue weighted by Crippen LogP contribution is 2.23. The van der Waals surface area contributed by atoms with Crippen LogP contribution in [0.25, 0.3) is 11.2 Å². The number of methoxy groups -OCH3 is 1. The molecule has 3 rings (SSSR count). The maximum absolute atomic E-state index is 5.13. The van der Waals surface area contributed by atoms with Gasteiger partial charge >= 0.3 is 0 Å². The van der Waals surface area contributed by atoms with Crippen molar-refractivity contribution in [1.29, 1.82) is 0 Å². The normalized spacial score (nSPS) is 10.5. The Labute approximate surface area is 115 Å². The van der Waals surface area contributed by atoms with E-state index in [0.717, 1.165) is 17.0 Å². The Morgan fingerprint density at radius 2 is 1.95 bits per heavy atom. The molecule has 0 bridgehead atoms. The lowest BCUT2D eigenvalue weighted by molar-refractivity contribution is 0.415. The van der Waals surface area contributed by atoms with E-state index in [1.807, 2.05) is 24.3 Å². The number of benzene rings is 1. The molecule has 2 heterocycles. The van der Waals surface area contributed by atoms with Gasteiger partial charge in [-0.3, -0.25) is 0 Å². The van der Waals surface area contributed by atoms with E-state index >= 15 is 0 Å². The molecule has 0 unspecified atom stereocenters. The summed E-state index contributed by atoms with van der Waals surface area (Å²) in [6.07, 6.45) is 1.60. The summed E-state index contributed by atoms with van der Waals surface area (Å²) in [5.74, 6) is 1.99. The lowest BCUT2D eigenvalue weighted by Gasteiger charge is -2.08. The van der Waals surface area contributed by atoms with Crippen LogP contribution in [0, 0.1) is 0 Å². The van der Waals surface area contributed by atoms with Gasteiger partial charge < -0.3 is 20.4 Å². The van der Waals surface area contributed by atoms with Crippen molar-refractivity contribution in [2.24, 2.45) is 0 Å². The van der Waals surface area contributed by atoms with E-state index in [2.05, 4.69) is 30.6 Å². The molecule has 0 radical (unpaired) electrons. The smallest absolute Gasteiger partial charge is 0.226 e. The number of aromatic amines is 1. The Morgan fingerprint density at radius 3 is 2.65 bits per heavy atom. The van der Waals surface area contributed by atoms with Gasteiger partial charge in [-0.1, -0.05) is 0 Å². The lowest BCUT2D eigenvalue weighted by atomic mass is 10.3. The predicted molar refractivity (Wildman–Crippen MR) is 77.5 cm³/mol. The molecule has 0 aliphatic heterocycles. The zero-order valence-corrected chi connectivity index (χ0v) is 11.1. The SMILES string of the molecule is CNc1nc(Nc2ccc(OC)cc2)c2[nH]cnc2n1. The van der Waals surface area contributed by atoms with Crippen LogP contribution in [0.5, 0.6) is 5.75 Å². The number of ether oxygens (including phenoxy) is 1. The summed E-state index contributed by atoms with van der Waals surface area (Å²) in [5.41, 5.74) is 2.28. The molecule has 3 N–H and O–H groups in total. The average molecular weight is 270 g/mol. The summed E-state index contributed by atoms with van der Waals surface area (Å²) in [7, 11) is 3.41. The van der Waals surface area contributed by atoms with Gasteiger partial charge in [0.2, 0.25) is 5.95 Å². The highest BCUT2D eigenvalue weighted by Gasteiger charge is 2.09. The number of H-pyrrole nitrogens is 1. The van der Waals surface area contributed by atoms with Crippen molar-refractivity contribution in [3.05, 3.63) is 30.6 Å². The van der Waals surface area contributed by atoms with E-state index in [1.54, 1.807) is 20.5 Å². The van der Waals surface area contributed by atoms with Gasteiger partial charge in [-0.15, -0.1) is 0 Å². The molecule has 7 nitrogen and oxygen atoms in total. The van der Waals surface area contributed by atoms with Gasteiger partial charge in [0, 0.05) is 12.7 Å². The average Bonchev–Trinajstić information content (AvgIpc) is 2.96. The first-order valence-corrected chi connectivity index (χ1v) is 6.10. The summed E-state index contributed by atoms with van der Waals surface area (Å²) in [5, 5.41) is 6.16. The molecule has 0 aliphatic rings. The van der Waals surface area contributed by atoms with Gasteiger partial charge in [-0.2, -0.15) is 9.97 Å². The fraction of sp³-hybridized carbons (Fsp3) is 0.154. The molecular formula is C13H14N6O. The van der Waals surface area contributed by atoms with Gasteiger partial charge in [0.15, 0.2) is 11.5 Å². The second kappa shape index (κ2) is 5.04. The Hall–Kier alpha value is -2.83. The minimum atomic E-state index is 0.514. The van der Waals surface area contributed by atoms with Crippen molar-refractivity contribution >= 4 is 28.6 Å². The molecule has 2 aromatic heterocycles. The fourth-order valence-electron chi connectivity index (χ4n) is 1.85. The fourth-order valence-corrected chi connectivity index (χ4v) is 1.85. The number of fused-ring (bicyclic) bond motifs is 1. The highest BCUT2D eigenvalue weighted by atomic mass is 16.5. The van der Waals surface area contributed by atoms with Crippen LogP contribution in [0.2, 0.25) is 0 Å². The van der Waals surface area contributed by atoms with E-state index in [-0.39, 0.29) is 0 Å². The van der Waals surface area contributed by atoms with Crippen molar-refractivity contribution in [2.45, 2.75) is 0 Å². The minimum absolute atomic E-state index is 0.514. The molecule has 20 heavy (non-hydrogen) atoms. The number of nitrogens with zero attached hydrogens (tertiary/aromatic N) is 3. The maximum atomic E-state index is 5.13. The van der Waals surface area contributed by atoms with Crippen molar-refractivity contribution in [3.63, 3.8) is 0 Å². The quantitative estimate of drug-likeness (QED) is 0.673. The highest BCUT2D eigenvalue weighted by molar-refractivity contribution is 5.86. The van der Waals surface area contributed by atoms with E-state index in [0.29, 0.717) is 17.4 Å². The summed E-state index contributed by atoms with van der Waals surface area (Å²) >= 11 is 0. The number of anilines is 3. The van der Waals surface area contributed by atoms with Gasteiger partial charge in [0.25, 0.3) is 0 Å². The molecule has 0 amide bonds. The lowest BCUT2D eigenvalue weighted by Crippen LogP contribution is -2.01. The molecule has 0 aliphatic carbocycles. The molecule has 3 aromatic rings. The van der Waals surface area contributed by atoms with Crippen LogP contribution in [-0.4, -0.2) is 34.1 Å². The van der Waals surface area contributed by atoms with Crippen LogP contribution < -0.4 is 15.4 Å². The number of imidazole rings is 1. The first kappa shape index (κ1) is 12.2. The summed E-state index contributed by atoms with van der Waals surface area (Å²) < 4.78 is 5.13. The van der Waals surface area contributed by atoms with Gasteiger partial charge in [0.05, 0.1) is 13.4 Å². The van der Waals surface area contributed by atoms with Crippen molar-refractivity contribution < 1.29 is 4.74 Å². The molecule has 0 saturated heterocycles. The van der Waals surface area contributed by atoms with Crippen molar-refractivity contribution in [3.8, 4) is 5.75 Å². The zero-order valence-electron chi connectivity index (χ0n) is 11.1. The number of hydrogen-bond donors (Lipinski definition) is 3. The van der Waals surface area contributed by atoms with E-state index in [4.69, 9.17) is 4.74 Å². The largest absolute Gasteiger partial charge is 0.497 e. The van der Waals surface area contributed by atoms with E-state index in [9.17, 15) is 0 Å². The van der Waals surface area contributed by atoms with Gasteiger partial charge in [-0.05, 0) is 24.3 Å². The third-order valence-corrected chi connectivity index (χ3v) is 2.86. The molecule has 1 aromatic carbocycles. The van der Waals surface area contributed by atoms with Gasteiger partial charge in [-0.25, -0.2) is 4.98 Å².